The molecule has 0 amide bonds. The van der Waals surface area contributed by atoms with Gasteiger partial charge in [-0.3, -0.25) is 9.54 Å². The van der Waals surface area contributed by atoms with E-state index in [0.717, 1.165) is 6.20 Å². The van der Waals surface area contributed by atoms with Gasteiger partial charge in [-0.1, -0.05) is 4.68 Å². The summed E-state index contributed by atoms with van der Waals surface area (Å²) in [7, 11) is -4.01. The van der Waals surface area contributed by atoms with Crippen LogP contribution in [0.1, 0.15) is 5.56 Å². The summed E-state index contributed by atoms with van der Waals surface area (Å²) in [5, 5.41) is 4.03. The van der Waals surface area contributed by atoms with Crippen molar-refractivity contribution in [3.8, 4) is 11.3 Å². The third-order valence-corrected chi connectivity index (χ3v) is 3.37. The normalized spacial score (nSPS) is 11.6. The highest BCUT2D eigenvalue weighted by atomic mass is 32.2. The van der Waals surface area contributed by atoms with Crippen molar-refractivity contribution < 1.29 is 22.0 Å². The number of rotatable bonds is 4. The number of aromatic nitrogens is 3. The van der Waals surface area contributed by atoms with Crippen molar-refractivity contribution in [1.29, 1.82) is 0 Å². The first-order chi connectivity index (χ1) is 9.35. The van der Waals surface area contributed by atoms with Crippen molar-refractivity contribution in [2.75, 3.05) is 5.75 Å². The molecule has 0 aliphatic rings. The number of nitrogens with zero attached hydrogens (tertiary/aromatic N) is 3. The SMILES string of the molecule is Cc1cc(F)cnc1-c1cc[n+](CCS(=O)(=O)O)nc1. The van der Waals surface area contributed by atoms with E-state index in [1.807, 2.05) is 0 Å². The first kappa shape index (κ1) is 14.5. The van der Waals surface area contributed by atoms with Crippen LogP contribution in [0.25, 0.3) is 11.3 Å². The molecule has 0 saturated heterocycles. The third-order valence-electron chi connectivity index (χ3n) is 2.67. The maximum atomic E-state index is 13.0. The van der Waals surface area contributed by atoms with Gasteiger partial charge in [0.1, 0.15) is 17.8 Å². The zero-order chi connectivity index (χ0) is 14.8. The van der Waals surface area contributed by atoms with E-state index >= 15 is 0 Å². The van der Waals surface area contributed by atoms with Gasteiger partial charge in [0, 0.05) is 11.6 Å². The topological polar surface area (TPSA) is 84.0 Å². The highest BCUT2D eigenvalue weighted by molar-refractivity contribution is 7.85. The Bertz CT molecular complexity index is 717. The summed E-state index contributed by atoms with van der Waals surface area (Å²) in [4.78, 5) is 4.00. The van der Waals surface area contributed by atoms with Gasteiger partial charge in [0.05, 0.1) is 11.9 Å². The number of aryl methyl sites for hydroxylation is 2. The van der Waals surface area contributed by atoms with Gasteiger partial charge in [0.15, 0.2) is 12.7 Å². The summed E-state index contributed by atoms with van der Waals surface area (Å²) in [5.74, 6) is -0.809. The molecule has 0 atom stereocenters. The van der Waals surface area contributed by atoms with Crippen LogP contribution < -0.4 is 4.68 Å². The van der Waals surface area contributed by atoms with E-state index in [2.05, 4.69) is 10.1 Å². The van der Waals surface area contributed by atoms with Crippen molar-refractivity contribution in [2.45, 2.75) is 13.5 Å². The molecule has 0 aromatic carbocycles. The minimum absolute atomic E-state index is 0.0505. The fourth-order valence-electron chi connectivity index (χ4n) is 1.71. The molecule has 0 unspecified atom stereocenters. The summed E-state index contributed by atoms with van der Waals surface area (Å²) in [6, 6.07) is 3.08. The fourth-order valence-corrected chi connectivity index (χ4v) is 2.13. The first-order valence-corrected chi connectivity index (χ1v) is 7.39. The Kier molecular flexibility index (Phi) is 4.05. The van der Waals surface area contributed by atoms with Gasteiger partial charge in [-0.05, 0) is 23.7 Å². The van der Waals surface area contributed by atoms with Gasteiger partial charge < -0.3 is 0 Å². The molecule has 0 aliphatic heterocycles. The van der Waals surface area contributed by atoms with Crippen LogP contribution in [0, 0.1) is 12.7 Å². The van der Waals surface area contributed by atoms with E-state index in [4.69, 9.17) is 4.55 Å². The second kappa shape index (κ2) is 5.59. The smallest absolute Gasteiger partial charge is 0.271 e. The van der Waals surface area contributed by atoms with Gasteiger partial charge in [-0.2, -0.15) is 8.42 Å². The summed E-state index contributed by atoms with van der Waals surface area (Å²) in [6.07, 6.45) is 4.21. The van der Waals surface area contributed by atoms with Crippen molar-refractivity contribution in [1.82, 2.24) is 10.1 Å². The van der Waals surface area contributed by atoms with Crippen molar-refractivity contribution in [3.63, 3.8) is 0 Å². The Hall–Kier alpha value is -1.93. The Morgan fingerprint density at radius 3 is 2.70 bits per heavy atom. The molecular formula is C12H13FN3O3S+. The molecule has 2 rings (SSSR count). The quantitative estimate of drug-likeness (QED) is 0.665. The molecule has 0 saturated carbocycles. The van der Waals surface area contributed by atoms with Crippen molar-refractivity contribution in [2.24, 2.45) is 0 Å². The molecular weight excluding hydrogens is 285 g/mol. The van der Waals surface area contributed by atoms with Gasteiger partial charge >= 0.3 is 0 Å². The maximum Gasteiger partial charge on any atom is 0.271 e. The Morgan fingerprint density at radius 2 is 2.15 bits per heavy atom. The lowest BCUT2D eigenvalue weighted by molar-refractivity contribution is -0.750. The Morgan fingerprint density at radius 1 is 1.40 bits per heavy atom. The number of pyridine rings is 1. The Labute approximate surface area is 115 Å². The van der Waals surface area contributed by atoms with Crippen LogP contribution in [0.5, 0.6) is 0 Å². The molecule has 106 valence electrons. The predicted octanol–water partition coefficient (Wildman–Crippen LogP) is 0.766. The Balaban J connectivity index is 2.19. The maximum absolute atomic E-state index is 13.0. The van der Waals surface area contributed by atoms with Crippen LogP contribution in [-0.4, -0.2) is 28.8 Å². The molecule has 8 heteroatoms. The minimum Gasteiger partial charge on any atom is -0.285 e. The molecule has 2 aromatic rings. The van der Waals surface area contributed by atoms with E-state index in [0.29, 0.717) is 16.8 Å². The van der Waals surface area contributed by atoms with E-state index in [-0.39, 0.29) is 6.54 Å². The molecule has 0 bridgehead atoms. The van der Waals surface area contributed by atoms with Gasteiger partial charge in [0.25, 0.3) is 10.1 Å². The molecule has 2 aromatic heterocycles. The number of hydrogen-bond acceptors (Lipinski definition) is 4. The molecule has 0 fully saturated rings. The largest absolute Gasteiger partial charge is 0.285 e. The fraction of sp³-hybridized carbons (Fsp3) is 0.250. The summed E-state index contributed by atoms with van der Waals surface area (Å²) >= 11 is 0. The average molecular weight is 298 g/mol. The predicted molar refractivity (Wildman–Crippen MR) is 68.8 cm³/mol. The van der Waals surface area contributed by atoms with Crippen LogP contribution in [0.15, 0.2) is 30.7 Å². The third kappa shape index (κ3) is 3.78. The van der Waals surface area contributed by atoms with Gasteiger partial charge in [-0.25, -0.2) is 4.39 Å². The average Bonchev–Trinajstić information content (AvgIpc) is 2.36. The minimum atomic E-state index is -4.01. The summed E-state index contributed by atoms with van der Waals surface area (Å²) in [5.41, 5.74) is 1.99. The van der Waals surface area contributed by atoms with Crippen LogP contribution in [0.4, 0.5) is 4.39 Å². The lowest BCUT2D eigenvalue weighted by atomic mass is 10.1. The molecule has 2 heterocycles. The summed E-state index contributed by atoms with van der Waals surface area (Å²) < 4.78 is 44.3. The molecule has 0 radical (unpaired) electrons. The highest BCUT2D eigenvalue weighted by Gasteiger charge is 2.12. The zero-order valence-corrected chi connectivity index (χ0v) is 11.5. The van der Waals surface area contributed by atoms with E-state index < -0.39 is 21.7 Å². The monoisotopic (exact) mass is 298 g/mol. The van der Waals surface area contributed by atoms with Gasteiger partial charge in [0.2, 0.25) is 0 Å². The highest BCUT2D eigenvalue weighted by Crippen LogP contribution is 2.19. The molecule has 6 nitrogen and oxygen atoms in total. The standard InChI is InChI=1S/C12H12FN3O3S/c1-9-6-11(13)8-14-12(9)10-2-3-16(15-7-10)4-5-20(17,18)19/h2-3,6-8H,4-5H2,1H3/p+1. The molecule has 0 spiro atoms. The van der Waals surface area contributed by atoms with Crippen molar-refractivity contribution in [3.05, 3.63) is 42.1 Å². The number of halogens is 1. The molecule has 0 aliphatic carbocycles. The van der Waals surface area contributed by atoms with Crippen LogP contribution in [0.2, 0.25) is 0 Å². The second-order valence-corrected chi connectivity index (χ2v) is 5.86. The summed E-state index contributed by atoms with van der Waals surface area (Å²) in [6.45, 7) is 1.79. The molecule has 1 N–H and O–H groups in total. The molecule has 20 heavy (non-hydrogen) atoms. The van der Waals surface area contributed by atoms with Crippen LogP contribution >= 0.6 is 0 Å². The van der Waals surface area contributed by atoms with E-state index in [1.165, 1.54) is 16.9 Å². The lowest BCUT2D eigenvalue weighted by Crippen LogP contribution is -2.40. The lowest BCUT2D eigenvalue weighted by Gasteiger charge is -2.03. The second-order valence-electron chi connectivity index (χ2n) is 4.28. The van der Waals surface area contributed by atoms with Gasteiger partial charge in [-0.15, -0.1) is 0 Å². The number of hydrogen-bond donors (Lipinski definition) is 1. The van der Waals surface area contributed by atoms with Crippen LogP contribution in [0.3, 0.4) is 0 Å². The van der Waals surface area contributed by atoms with Crippen LogP contribution in [-0.2, 0) is 16.7 Å². The first-order valence-electron chi connectivity index (χ1n) is 5.78. The zero-order valence-electron chi connectivity index (χ0n) is 10.7. The van der Waals surface area contributed by atoms with E-state index in [1.54, 1.807) is 19.2 Å². The van der Waals surface area contributed by atoms with E-state index in [9.17, 15) is 12.8 Å². The van der Waals surface area contributed by atoms with Crippen molar-refractivity contribution >= 4 is 10.1 Å².